The monoisotopic (exact) mass is 627 g/mol. The van der Waals surface area contributed by atoms with Gasteiger partial charge in [-0.05, 0) is 94.2 Å². The van der Waals surface area contributed by atoms with E-state index in [2.05, 4.69) is 157 Å². The van der Waals surface area contributed by atoms with E-state index >= 15 is 0 Å². The first kappa shape index (κ1) is 27.5. The summed E-state index contributed by atoms with van der Waals surface area (Å²) in [5, 5.41) is 6.93. The predicted molar refractivity (Wildman–Crippen MR) is 204 cm³/mol. The lowest BCUT2D eigenvalue weighted by atomic mass is 9.99. The van der Waals surface area contributed by atoms with Crippen LogP contribution >= 0.6 is 0 Å². The number of fused-ring (bicyclic) bond motifs is 7. The van der Waals surface area contributed by atoms with Crippen molar-refractivity contribution in [3.63, 3.8) is 0 Å². The lowest BCUT2D eigenvalue weighted by Crippen LogP contribution is -2.11. The maximum absolute atomic E-state index is 6.32. The van der Waals surface area contributed by atoms with Gasteiger partial charge in [0.25, 0.3) is 0 Å². The van der Waals surface area contributed by atoms with E-state index in [0.717, 1.165) is 72.1 Å². The van der Waals surface area contributed by atoms with Crippen molar-refractivity contribution in [3.05, 3.63) is 176 Å². The summed E-state index contributed by atoms with van der Waals surface area (Å²) >= 11 is 0. The van der Waals surface area contributed by atoms with Gasteiger partial charge in [-0.25, -0.2) is 0 Å². The van der Waals surface area contributed by atoms with Gasteiger partial charge in [-0.2, -0.15) is 0 Å². The fraction of sp³-hybridized carbons (Fsp3) is 0. The molecule has 0 aliphatic carbocycles. The number of para-hydroxylation sites is 3. The molecule has 0 N–H and O–H groups in total. The molecule has 49 heavy (non-hydrogen) atoms. The molecule has 0 saturated carbocycles. The van der Waals surface area contributed by atoms with Gasteiger partial charge in [0.15, 0.2) is 0 Å². The van der Waals surface area contributed by atoms with Crippen molar-refractivity contribution in [1.29, 1.82) is 0 Å². The van der Waals surface area contributed by atoms with Crippen molar-refractivity contribution >= 4 is 71.7 Å². The molecule has 0 unspecified atom stereocenters. The highest BCUT2D eigenvalue weighted by atomic mass is 16.3. The van der Waals surface area contributed by atoms with Gasteiger partial charge in [-0.15, -0.1) is 0 Å². The molecule has 2 aromatic heterocycles. The third-order valence-corrected chi connectivity index (χ3v) is 9.66. The smallest absolute Gasteiger partial charge is 0.136 e. The first-order valence-corrected chi connectivity index (χ1v) is 16.6. The first-order valence-electron chi connectivity index (χ1n) is 16.6. The van der Waals surface area contributed by atoms with Crippen LogP contribution in [-0.2, 0) is 0 Å². The van der Waals surface area contributed by atoms with Crippen LogP contribution in [0.3, 0.4) is 0 Å². The molecule has 230 valence electrons. The van der Waals surface area contributed by atoms with Gasteiger partial charge in [0.05, 0.1) is 5.69 Å². The SMILES string of the molecule is c1ccc(N(c2ccc(-c3ccc4ccccc4c3)cc2)c2ccc3oc4ccccc4c3c2)c(-c2ccc3c(c2)oc2ccccc23)c1. The fourth-order valence-electron chi connectivity index (χ4n) is 7.26. The summed E-state index contributed by atoms with van der Waals surface area (Å²) in [5.41, 5.74) is 11.3. The summed E-state index contributed by atoms with van der Waals surface area (Å²) in [4.78, 5) is 2.35. The lowest BCUT2D eigenvalue weighted by Gasteiger charge is -2.28. The molecule has 0 saturated heterocycles. The first-order chi connectivity index (χ1) is 24.3. The maximum atomic E-state index is 6.32. The number of benzene rings is 8. The Hall–Kier alpha value is -6.58. The molecule has 10 aromatic rings. The molecule has 0 atom stereocenters. The van der Waals surface area contributed by atoms with Gasteiger partial charge >= 0.3 is 0 Å². The van der Waals surface area contributed by atoms with E-state index in [4.69, 9.17) is 8.83 Å². The Bertz CT molecular complexity index is 2840. The molecule has 2 heterocycles. The van der Waals surface area contributed by atoms with Crippen molar-refractivity contribution in [2.45, 2.75) is 0 Å². The number of hydrogen-bond acceptors (Lipinski definition) is 3. The minimum Gasteiger partial charge on any atom is -0.456 e. The Labute approximate surface area is 282 Å². The second kappa shape index (κ2) is 11.0. The summed E-state index contributed by atoms with van der Waals surface area (Å²) in [5.74, 6) is 0. The van der Waals surface area contributed by atoms with E-state index in [1.54, 1.807) is 0 Å². The Kier molecular flexibility index (Phi) is 6.18. The Morgan fingerprint density at radius 1 is 0.327 bits per heavy atom. The highest BCUT2D eigenvalue weighted by Gasteiger charge is 2.20. The highest BCUT2D eigenvalue weighted by Crippen LogP contribution is 2.44. The Balaban J connectivity index is 1.15. The number of rotatable bonds is 5. The van der Waals surface area contributed by atoms with Crippen LogP contribution in [0, 0.1) is 0 Å². The summed E-state index contributed by atoms with van der Waals surface area (Å²) in [7, 11) is 0. The average Bonchev–Trinajstić information content (AvgIpc) is 3.73. The lowest BCUT2D eigenvalue weighted by molar-refractivity contribution is 0.668. The van der Waals surface area contributed by atoms with E-state index < -0.39 is 0 Å². The number of anilines is 3. The van der Waals surface area contributed by atoms with E-state index in [1.807, 2.05) is 24.3 Å². The van der Waals surface area contributed by atoms with Gasteiger partial charge in [-0.3, -0.25) is 0 Å². The van der Waals surface area contributed by atoms with Crippen LogP contribution in [-0.4, -0.2) is 0 Å². The molecule has 0 amide bonds. The van der Waals surface area contributed by atoms with E-state index in [1.165, 1.54) is 21.9 Å². The normalized spacial score (nSPS) is 11.7. The maximum Gasteiger partial charge on any atom is 0.136 e. The van der Waals surface area contributed by atoms with Crippen LogP contribution in [0.5, 0.6) is 0 Å². The zero-order chi connectivity index (χ0) is 32.3. The molecule has 3 nitrogen and oxygen atoms in total. The molecule has 8 aromatic carbocycles. The van der Waals surface area contributed by atoms with Crippen LogP contribution in [0.2, 0.25) is 0 Å². The van der Waals surface area contributed by atoms with E-state index in [9.17, 15) is 0 Å². The number of furan rings is 2. The van der Waals surface area contributed by atoms with Crippen molar-refractivity contribution < 1.29 is 8.83 Å². The topological polar surface area (TPSA) is 29.5 Å². The molecule has 0 radical (unpaired) electrons. The average molecular weight is 628 g/mol. The molecule has 0 spiro atoms. The quantitative estimate of drug-likeness (QED) is 0.190. The van der Waals surface area contributed by atoms with E-state index in [0.29, 0.717) is 0 Å². The van der Waals surface area contributed by atoms with Crippen molar-refractivity contribution in [2.75, 3.05) is 4.90 Å². The summed E-state index contributed by atoms with van der Waals surface area (Å²) in [6.45, 7) is 0. The largest absolute Gasteiger partial charge is 0.456 e. The summed E-state index contributed by atoms with van der Waals surface area (Å²) < 4.78 is 12.5. The van der Waals surface area contributed by atoms with Crippen LogP contribution < -0.4 is 4.90 Å². The third kappa shape index (κ3) is 4.59. The zero-order valence-electron chi connectivity index (χ0n) is 26.5. The van der Waals surface area contributed by atoms with E-state index in [-0.39, 0.29) is 0 Å². The summed E-state index contributed by atoms with van der Waals surface area (Å²) in [6.07, 6.45) is 0. The van der Waals surface area contributed by atoms with Crippen LogP contribution in [0.25, 0.3) is 76.9 Å². The molecular formula is C46H29NO2. The van der Waals surface area contributed by atoms with Crippen molar-refractivity contribution in [2.24, 2.45) is 0 Å². The molecular weight excluding hydrogens is 599 g/mol. The summed E-state index contributed by atoms with van der Waals surface area (Å²) in [6, 6.07) is 62.2. The molecule has 3 heteroatoms. The van der Waals surface area contributed by atoms with Gasteiger partial charge in [-0.1, -0.05) is 109 Å². The zero-order valence-corrected chi connectivity index (χ0v) is 26.5. The molecule has 10 rings (SSSR count). The standard InChI is InChI=1S/C46H29NO2/c1-2-10-32-27-33(18-17-30(32)9-1)31-19-22-35(23-20-31)47(36-24-26-45-41(29-36)39-13-5-8-16-44(39)48-45)42-14-6-3-11-37(42)34-21-25-40-38-12-4-7-15-43(38)49-46(40)28-34/h1-29H. The Morgan fingerprint density at radius 3 is 1.76 bits per heavy atom. The van der Waals surface area contributed by atoms with Gasteiger partial charge in [0.1, 0.15) is 22.3 Å². The van der Waals surface area contributed by atoms with Gasteiger partial charge in [0.2, 0.25) is 0 Å². The van der Waals surface area contributed by atoms with Crippen LogP contribution in [0.1, 0.15) is 0 Å². The third-order valence-electron chi connectivity index (χ3n) is 9.66. The molecule has 0 aliphatic heterocycles. The van der Waals surface area contributed by atoms with Crippen molar-refractivity contribution in [1.82, 2.24) is 0 Å². The minimum atomic E-state index is 0.875. The van der Waals surface area contributed by atoms with Gasteiger partial charge < -0.3 is 13.7 Å². The fourth-order valence-corrected chi connectivity index (χ4v) is 7.26. The van der Waals surface area contributed by atoms with Crippen LogP contribution in [0.15, 0.2) is 185 Å². The second-order valence-electron chi connectivity index (χ2n) is 12.5. The second-order valence-corrected chi connectivity index (χ2v) is 12.5. The number of nitrogens with zero attached hydrogens (tertiary/aromatic N) is 1. The predicted octanol–water partition coefficient (Wildman–Crippen LogP) is 13.4. The minimum absolute atomic E-state index is 0.875. The van der Waals surface area contributed by atoms with Crippen molar-refractivity contribution in [3.8, 4) is 22.3 Å². The molecule has 0 fully saturated rings. The number of hydrogen-bond donors (Lipinski definition) is 0. The molecule has 0 bridgehead atoms. The Morgan fingerprint density at radius 2 is 0.918 bits per heavy atom. The molecule has 0 aliphatic rings. The van der Waals surface area contributed by atoms with Gasteiger partial charge in [0, 0.05) is 38.5 Å². The highest BCUT2D eigenvalue weighted by molar-refractivity contribution is 6.08. The van der Waals surface area contributed by atoms with Crippen LogP contribution in [0.4, 0.5) is 17.1 Å².